The molecule has 118 valence electrons. The highest BCUT2D eigenvalue weighted by molar-refractivity contribution is 5.88. The van der Waals surface area contributed by atoms with E-state index < -0.39 is 0 Å². The highest BCUT2D eigenvalue weighted by atomic mass is 16.5. The molecule has 23 heavy (non-hydrogen) atoms. The van der Waals surface area contributed by atoms with Crippen molar-refractivity contribution < 1.29 is 4.74 Å². The Morgan fingerprint density at radius 3 is 2.61 bits per heavy atom. The predicted molar refractivity (Wildman–Crippen MR) is 88.8 cm³/mol. The predicted octanol–water partition coefficient (Wildman–Crippen LogP) is 1.44. The van der Waals surface area contributed by atoms with Crippen molar-refractivity contribution in [2.75, 3.05) is 38.2 Å². The Bertz CT molecular complexity index is 807. The molecule has 0 unspecified atom stereocenters. The van der Waals surface area contributed by atoms with Gasteiger partial charge in [0, 0.05) is 31.7 Å². The first-order chi connectivity index (χ1) is 11.3. The van der Waals surface area contributed by atoms with Crippen molar-refractivity contribution in [2.45, 2.75) is 0 Å². The van der Waals surface area contributed by atoms with Crippen LogP contribution in [0.2, 0.25) is 0 Å². The van der Waals surface area contributed by atoms with Gasteiger partial charge in [0.2, 0.25) is 5.95 Å². The van der Waals surface area contributed by atoms with E-state index in [1.54, 1.807) is 13.4 Å². The van der Waals surface area contributed by atoms with Crippen molar-refractivity contribution >= 4 is 17.1 Å². The monoisotopic (exact) mass is 310 g/mol. The van der Waals surface area contributed by atoms with E-state index in [9.17, 15) is 0 Å². The molecule has 0 amide bonds. The minimum atomic E-state index is 0.694. The molecule has 0 saturated carbocycles. The van der Waals surface area contributed by atoms with Crippen LogP contribution in [0.25, 0.3) is 22.4 Å². The Kier molecular flexibility index (Phi) is 3.55. The Balaban J connectivity index is 1.81. The van der Waals surface area contributed by atoms with Gasteiger partial charge in [0.15, 0.2) is 5.65 Å². The van der Waals surface area contributed by atoms with Crippen LogP contribution in [-0.4, -0.2) is 53.2 Å². The Morgan fingerprint density at radius 1 is 1.09 bits per heavy atom. The number of ether oxygens (including phenoxy) is 1. The Hall–Kier alpha value is -2.67. The standard InChI is InChI=1S/C16H18N6O/c1-23-12-4-2-11(3-5-12)13-14-15(19-10-18-14)21-16(20-13)22-8-6-17-7-9-22/h2-5,10,17H,6-9H2,1H3,(H,18,19,20,21). The number of nitrogens with zero attached hydrogens (tertiary/aromatic N) is 4. The quantitative estimate of drug-likeness (QED) is 0.762. The van der Waals surface area contributed by atoms with E-state index in [-0.39, 0.29) is 0 Å². The molecule has 7 nitrogen and oxygen atoms in total. The zero-order valence-corrected chi connectivity index (χ0v) is 12.9. The minimum absolute atomic E-state index is 0.694. The largest absolute Gasteiger partial charge is 0.497 e. The van der Waals surface area contributed by atoms with Crippen LogP contribution in [0.1, 0.15) is 0 Å². The van der Waals surface area contributed by atoms with Crippen LogP contribution in [0.4, 0.5) is 5.95 Å². The van der Waals surface area contributed by atoms with Gasteiger partial charge in [-0.05, 0) is 24.3 Å². The molecule has 1 aliphatic rings. The van der Waals surface area contributed by atoms with Crippen LogP contribution in [0.3, 0.4) is 0 Å². The van der Waals surface area contributed by atoms with Crippen molar-refractivity contribution in [3.05, 3.63) is 30.6 Å². The molecule has 0 spiro atoms. The van der Waals surface area contributed by atoms with Crippen LogP contribution in [0, 0.1) is 0 Å². The summed E-state index contributed by atoms with van der Waals surface area (Å²) in [7, 11) is 1.66. The van der Waals surface area contributed by atoms with Gasteiger partial charge in [0.05, 0.1) is 13.4 Å². The van der Waals surface area contributed by atoms with E-state index in [0.29, 0.717) is 5.65 Å². The van der Waals surface area contributed by atoms with Crippen molar-refractivity contribution in [1.29, 1.82) is 0 Å². The Labute approximate surface area is 133 Å². The van der Waals surface area contributed by atoms with E-state index in [2.05, 4.69) is 25.2 Å². The lowest BCUT2D eigenvalue weighted by atomic mass is 10.1. The lowest BCUT2D eigenvalue weighted by molar-refractivity contribution is 0.415. The summed E-state index contributed by atoms with van der Waals surface area (Å²) in [6.07, 6.45) is 1.66. The van der Waals surface area contributed by atoms with Crippen molar-refractivity contribution in [2.24, 2.45) is 0 Å². The molecule has 1 fully saturated rings. The number of aromatic amines is 1. The molecular weight excluding hydrogens is 292 g/mol. The number of methoxy groups -OCH3 is 1. The molecule has 0 bridgehead atoms. The number of aromatic nitrogens is 4. The average molecular weight is 310 g/mol. The number of H-pyrrole nitrogens is 1. The van der Waals surface area contributed by atoms with E-state index >= 15 is 0 Å². The fraction of sp³-hybridized carbons (Fsp3) is 0.312. The number of benzene rings is 1. The van der Waals surface area contributed by atoms with Gasteiger partial charge in [-0.2, -0.15) is 4.98 Å². The molecule has 1 aliphatic heterocycles. The van der Waals surface area contributed by atoms with Gasteiger partial charge < -0.3 is 19.9 Å². The molecule has 0 atom stereocenters. The third kappa shape index (κ3) is 2.59. The third-order valence-corrected chi connectivity index (χ3v) is 4.04. The van der Waals surface area contributed by atoms with Gasteiger partial charge in [0.25, 0.3) is 0 Å². The summed E-state index contributed by atoms with van der Waals surface area (Å²) < 4.78 is 5.23. The molecule has 1 aromatic carbocycles. The lowest BCUT2D eigenvalue weighted by Gasteiger charge is -2.27. The van der Waals surface area contributed by atoms with Crippen molar-refractivity contribution in [3.8, 4) is 17.0 Å². The zero-order valence-electron chi connectivity index (χ0n) is 12.9. The van der Waals surface area contributed by atoms with Crippen molar-refractivity contribution in [1.82, 2.24) is 25.3 Å². The fourth-order valence-electron chi connectivity index (χ4n) is 2.79. The maximum absolute atomic E-state index is 5.23. The number of anilines is 1. The van der Waals surface area contributed by atoms with Crippen LogP contribution in [0.15, 0.2) is 30.6 Å². The molecule has 1 saturated heterocycles. The van der Waals surface area contributed by atoms with Gasteiger partial charge in [-0.1, -0.05) is 0 Å². The number of hydrogen-bond donors (Lipinski definition) is 2. The summed E-state index contributed by atoms with van der Waals surface area (Å²) in [4.78, 5) is 19.1. The SMILES string of the molecule is COc1ccc(-c2nc(N3CCNCC3)nc3nc[nH]c23)cc1. The molecule has 2 N–H and O–H groups in total. The van der Waals surface area contributed by atoms with E-state index in [4.69, 9.17) is 9.72 Å². The maximum Gasteiger partial charge on any atom is 0.228 e. The van der Waals surface area contributed by atoms with Gasteiger partial charge in [-0.3, -0.25) is 0 Å². The number of nitrogens with one attached hydrogen (secondary N) is 2. The molecule has 3 heterocycles. The van der Waals surface area contributed by atoms with Gasteiger partial charge >= 0.3 is 0 Å². The molecule has 2 aromatic heterocycles. The summed E-state index contributed by atoms with van der Waals surface area (Å²) in [5.41, 5.74) is 3.43. The number of fused-ring (bicyclic) bond motifs is 1. The summed E-state index contributed by atoms with van der Waals surface area (Å²) in [5.74, 6) is 1.56. The number of imidazole rings is 1. The molecule has 3 aromatic rings. The lowest BCUT2D eigenvalue weighted by Crippen LogP contribution is -2.44. The smallest absolute Gasteiger partial charge is 0.228 e. The highest BCUT2D eigenvalue weighted by Gasteiger charge is 2.18. The second-order valence-electron chi connectivity index (χ2n) is 5.44. The molecule has 0 radical (unpaired) electrons. The van der Waals surface area contributed by atoms with Crippen LogP contribution >= 0.6 is 0 Å². The second-order valence-corrected chi connectivity index (χ2v) is 5.44. The van der Waals surface area contributed by atoms with Gasteiger partial charge in [-0.15, -0.1) is 0 Å². The summed E-state index contributed by atoms with van der Waals surface area (Å²) >= 11 is 0. The third-order valence-electron chi connectivity index (χ3n) is 4.04. The number of piperazine rings is 1. The topological polar surface area (TPSA) is 79.0 Å². The van der Waals surface area contributed by atoms with Crippen LogP contribution < -0.4 is 15.0 Å². The van der Waals surface area contributed by atoms with Crippen LogP contribution in [0.5, 0.6) is 5.75 Å². The maximum atomic E-state index is 5.23. The first-order valence-corrected chi connectivity index (χ1v) is 7.66. The van der Waals surface area contributed by atoms with Crippen molar-refractivity contribution in [3.63, 3.8) is 0 Å². The fourth-order valence-corrected chi connectivity index (χ4v) is 2.79. The average Bonchev–Trinajstić information content (AvgIpc) is 3.10. The van der Waals surface area contributed by atoms with E-state index in [0.717, 1.165) is 54.7 Å². The second kappa shape index (κ2) is 5.85. The summed E-state index contributed by atoms with van der Waals surface area (Å²) in [5, 5.41) is 3.34. The normalized spacial score (nSPS) is 15.1. The first-order valence-electron chi connectivity index (χ1n) is 7.66. The number of rotatable bonds is 3. The highest BCUT2D eigenvalue weighted by Crippen LogP contribution is 2.27. The molecular formula is C16H18N6O. The summed E-state index contributed by atoms with van der Waals surface area (Å²) in [6.45, 7) is 3.69. The molecule has 0 aliphatic carbocycles. The molecule has 4 rings (SSSR count). The zero-order chi connectivity index (χ0) is 15.6. The minimum Gasteiger partial charge on any atom is -0.497 e. The first kappa shape index (κ1) is 14.0. The van der Waals surface area contributed by atoms with E-state index in [1.807, 2.05) is 24.3 Å². The van der Waals surface area contributed by atoms with Crippen LogP contribution in [-0.2, 0) is 0 Å². The molecule has 7 heteroatoms. The van der Waals surface area contributed by atoms with Gasteiger partial charge in [0.1, 0.15) is 17.0 Å². The van der Waals surface area contributed by atoms with Gasteiger partial charge in [-0.25, -0.2) is 9.97 Å². The number of hydrogen-bond acceptors (Lipinski definition) is 6. The Morgan fingerprint density at radius 2 is 1.87 bits per heavy atom. The summed E-state index contributed by atoms with van der Waals surface area (Å²) in [6, 6.07) is 7.88. The van der Waals surface area contributed by atoms with E-state index in [1.165, 1.54) is 0 Å².